The molecule has 3 aromatic rings. The molecule has 0 aliphatic heterocycles. The van der Waals surface area contributed by atoms with Crippen molar-refractivity contribution in [1.82, 2.24) is 5.32 Å². The van der Waals surface area contributed by atoms with Gasteiger partial charge in [-0.3, -0.25) is 10.1 Å². The third-order valence-electron chi connectivity index (χ3n) is 4.72. The third kappa shape index (κ3) is 7.87. The van der Waals surface area contributed by atoms with E-state index in [0.717, 1.165) is 23.7 Å². The van der Waals surface area contributed by atoms with Gasteiger partial charge in [0.1, 0.15) is 11.5 Å². The second-order valence-electron chi connectivity index (χ2n) is 7.33. The quantitative estimate of drug-likeness (QED) is 0.237. The Hall–Kier alpha value is -2.90. The lowest BCUT2D eigenvalue weighted by atomic mass is 10.1. The van der Waals surface area contributed by atoms with Crippen molar-refractivity contribution in [3.05, 3.63) is 88.4 Å². The minimum atomic E-state index is -0.346. The molecule has 3 rings (SSSR count). The first-order valence-electron chi connectivity index (χ1n) is 10.9. The van der Waals surface area contributed by atoms with Crippen LogP contribution in [0.4, 0.5) is 5.69 Å². The Labute approximate surface area is 208 Å². The van der Waals surface area contributed by atoms with Gasteiger partial charge in [-0.15, -0.1) is 0 Å². The lowest BCUT2D eigenvalue weighted by molar-refractivity contribution is 0.0973. The van der Waals surface area contributed by atoms with Crippen LogP contribution < -0.4 is 20.1 Å². The summed E-state index contributed by atoms with van der Waals surface area (Å²) >= 11 is 8.79. The average molecular weight is 527 g/mol. The van der Waals surface area contributed by atoms with Gasteiger partial charge in [0.2, 0.25) is 0 Å². The fraction of sp³-hybridized carbons (Fsp3) is 0.231. The number of amides is 1. The van der Waals surface area contributed by atoms with E-state index in [-0.39, 0.29) is 11.0 Å². The third-order valence-corrected chi connectivity index (χ3v) is 5.42. The first-order chi connectivity index (χ1) is 16.1. The van der Waals surface area contributed by atoms with Gasteiger partial charge in [-0.25, -0.2) is 0 Å². The molecule has 33 heavy (non-hydrogen) atoms. The van der Waals surface area contributed by atoms with Crippen molar-refractivity contribution in [2.45, 2.75) is 26.2 Å². The van der Waals surface area contributed by atoms with Crippen molar-refractivity contribution in [1.29, 1.82) is 0 Å². The van der Waals surface area contributed by atoms with Crippen LogP contribution in [0.15, 0.2) is 77.3 Å². The maximum Gasteiger partial charge on any atom is 0.261 e. The van der Waals surface area contributed by atoms with Crippen molar-refractivity contribution >= 4 is 44.9 Å². The van der Waals surface area contributed by atoms with Crippen LogP contribution in [0.3, 0.4) is 0 Å². The van der Waals surface area contributed by atoms with Crippen LogP contribution in [-0.4, -0.2) is 24.2 Å². The number of carbonyl (C=O) groups excluding carboxylic acids is 1. The van der Waals surface area contributed by atoms with E-state index in [1.165, 1.54) is 5.56 Å². The molecule has 0 atom stereocenters. The number of nitrogens with one attached hydrogen (secondary N) is 2. The van der Waals surface area contributed by atoms with E-state index in [1.54, 1.807) is 12.1 Å². The summed E-state index contributed by atoms with van der Waals surface area (Å²) in [6.45, 7) is 3.11. The predicted molar refractivity (Wildman–Crippen MR) is 140 cm³/mol. The first kappa shape index (κ1) is 24.7. The molecular weight excluding hydrogens is 500 g/mol. The molecule has 172 valence electrons. The second kappa shape index (κ2) is 13.0. The fourth-order valence-corrected chi connectivity index (χ4v) is 3.70. The molecule has 0 aliphatic carbocycles. The van der Waals surface area contributed by atoms with Crippen LogP contribution >= 0.6 is 28.1 Å². The Morgan fingerprint density at radius 3 is 2.45 bits per heavy atom. The van der Waals surface area contributed by atoms with Crippen LogP contribution in [-0.2, 0) is 6.42 Å². The van der Waals surface area contributed by atoms with E-state index in [2.05, 4.69) is 38.7 Å². The molecule has 0 aromatic heterocycles. The Morgan fingerprint density at radius 1 is 0.939 bits per heavy atom. The van der Waals surface area contributed by atoms with Crippen LogP contribution in [0.2, 0.25) is 0 Å². The van der Waals surface area contributed by atoms with E-state index in [0.29, 0.717) is 36.0 Å². The average Bonchev–Trinajstić information content (AvgIpc) is 2.82. The summed E-state index contributed by atoms with van der Waals surface area (Å²) < 4.78 is 12.5. The maximum atomic E-state index is 12.8. The zero-order valence-electron chi connectivity index (χ0n) is 18.5. The van der Waals surface area contributed by atoms with E-state index in [4.69, 9.17) is 21.7 Å². The molecule has 0 unspecified atom stereocenters. The summed E-state index contributed by atoms with van der Waals surface area (Å²) in [5.41, 5.74) is 2.39. The van der Waals surface area contributed by atoms with E-state index in [9.17, 15) is 4.79 Å². The number of ether oxygens (including phenoxy) is 2. The van der Waals surface area contributed by atoms with Crippen LogP contribution in [0.5, 0.6) is 11.5 Å². The Morgan fingerprint density at radius 2 is 1.67 bits per heavy atom. The van der Waals surface area contributed by atoms with Crippen LogP contribution in [0.1, 0.15) is 35.7 Å². The Balaban J connectivity index is 1.57. The largest absolute Gasteiger partial charge is 0.493 e. The number of benzene rings is 3. The molecule has 1 amide bonds. The molecule has 0 saturated heterocycles. The van der Waals surface area contributed by atoms with E-state index >= 15 is 0 Å². The number of hydrogen-bond acceptors (Lipinski definition) is 4. The molecule has 0 aliphatic rings. The van der Waals surface area contributed by atoms with Crippen molar-refractivity contribution in [2.24, 2.45) is 0 Å². The molecule has 2 N–H and O–H groups in total. The smallest absolute Gasteiger partial charge is 0.261 e. The topological polar surface area (TPSA) is 59.6 Å². The molecule has 0 saturated carbocycles. The Kier molecular flexibility index (Phi) is 9.72. The summed E-state index contributed by atoms with van der Waals surface area (Å²) in [7, 11) is 0. The van der Waals surface area contributed by atoms with Gasteiger partial charge < -0.3 is 14.8 Å². The number of halogens is 1. The number of anilines is 1. The summed E-state index contributed by atoms with van der Waals surface area (Å²) in [5.74, 6) is 0.847. The molecule has 7 heteroatoms. The maximum absolute atomic E-state index is 12.8. The lowest BCUT2D eigenvalue weighted by Gasteiger charge is -2.15. The van der Waals surface area contributed by atoms with E-state index in [1.807, 2.05) is 55.5 Å². The fourth-order valence-electron chi connectivity index (χ4n) is 3.14. The van der Waals surface area contributed by atoms with E-state index < -0.39 is 0 Å². The summed E-state index contributed by atoms with van der Waals surface area (Å²) in [4.78, 5) is 12.8. The number of thiocarbonyl (C=S) groups is 1. The SMILES string of the molecule is CCCOc1ccc(Br)cc1C(=O)NC(=S)Nc1ccccc1OCCCc1ccccc1. The molecule has 5 nitrogen and oxygen atoms in total. The summed E-state index contributed by atoms with van der Waals surface area (Å²) in [6, 6.07) is 23.2. The van der Waals surface area contributed by atoms with Gasteiger partial charge in [-0.05, 0) is 67.4 Å². The zero-order chi connectivity index (χ0) is 23.5. The number of para-hydroxylation sites is 2. The minimum Gasteiger partial charge on any atom is -0.493 e. The van der Waals surface area contributed by atoms with Gasteiger partial charge in [-0.2, -0.15) is 0 Å². The van der Waals surface area contributed by atoms with Gasteiger partial charge in [-0.1, -0.05) is 65.3 Å². The molecule has 3 aromatic carbocycles. The number of rotatable bonds is 10. The predicted octanol–water partition coefficient (Wildman–Crippen LogP) is 6.38. The molecule has 0 heterocycles. The number of aryl methyl sites for hydroxylation is 1. The monoisotopic (exact) mass is 526 g/mol. The normalized spacial score (nSPS) is 10.4. The summed E-state index contributed by atoms with van der Waals surface area (Å²) in [6.07, 6.45) is 2.68. The lowest BCUT2D eigenvalue weighted by Crippen LogP contribution is -2.34. The molecule has 0 spiro atoms. The molecule has 0 radical (unpaired) electrons. The van der Waals surface area contributed by atoms with Crippen molar-refractivity contribution in [3.8, 4) is 11.5 Å². The van der Waals surface area contributed by atoms with Gasteiger partial charge >= 0.3 is 0 Å². The van der Waals surface area contributed by atoms with Crippen LogP contribution in [0, 0.1) is 0 Å². The second-order valence-corrected chi connectivity index (χ2v) is 8.65. The molecule has 0 fully saturated rings. The molecule has 0 bridgehead atoms. The highest BCUT2D eigenvalue weighted by Crippen LogP contribution is 2.25. The number of hydrogen-bond donors (Lipinski definition) is 2. The minimum absolute atomic E-state index is 0.182. The van der Waals surface area contributed by atoms with Gasteiger partial charge in [0.25, 0.3) is 5.91 Å². The highest BCUT2D eigenvalue weighted by atomic mass is 79.9. The highest BCUT2D eigenvalue weighted by Gasteiger charge is 2.15. The standard InChI is InChI=1S/C26H27BrN2O3S/c1-2-16-31-23-15-14-20(27)18-21(23)25(30)29-26(33)28-22-12-6-7-13-24(22)32-17-8-11-19-9-4-3-5-10-19/h3-7,9-10,12-15,18H,2,8,11,16-17H2,1H3,(H2,28,29,30,33). The van der Waals surface area contributed by atoms with Crippen molar-refractivity contribution in [3.63, 3.8) is 0 Å². The Bertz CT molecular complexity index is 1080. The van der Waals surface area contributed by atoms with Gasteiger partial charge in [0.15, 0.2) is 5.11 Å². The first-order valence-corrected chi connectivity index (χ1v) is 12.1. The van der Waals surface area contributed by atoms with Crippen molar-refractivity contribution < 1.29 is 14.3 Å². The van der Waals surface area contributed by atoms with Gasteiger partial charge in [0, 0.05) is 4.47 Å². The van der Waals surface area contributed by atoms with Crippen LogP contribution in [0.25, 0.3) is 0 Å². The number of carbonyl (C=O) groups is 1. The van der Waals surface area contributed by atoms with Crippen molar-refractivity contribution in [2.75, 3.05) is 18.5 Å². The zero-order valence-corrected chi connectivity index (χ0v) is 20.9. The highest BCUT2D eigenvalue weighted by molar-refractivity contribution is 9.10. The molecular formula is C26H27BrN2O3S. The summed E-state index contributed by atoms with van der Waals surface area (Å²) in [5, 5.41) is 5.98. The van der Waals surface area contributed by atoms with Gasteiger partial charge in [0.05, 0.1) is 24.5 Å².